The second-order valence-corrected chi connectivity index (χ2v) is 6.15. The largest absolute Gasteiger partial charge is 0.349 e. The predicted molar refractivity (Wildman–Crippen MR) is 95.3 cm³/mol. The summed E-state index contributed by atoms with van der Waals surface area (Å²) < 4.78 is 0. The number of benzene rings is 2. The molecular formula is C20H19N3O2. The molecule has 0 spiro atoms. The van der Waals surface area contributed by atoms with Crippen molar-refractivity contribution in [2.75, 3.05) is 5.32 Å². The molecule has 25 heavy (non-hydrogen) atoms. The van der Waals surface area contributed by atoms with Crippen LogP contribution in [0.3, 0.4) is 0 Å². The average molecular weight is 333 g/mol. The van der Waals surface area contributed by atoms with Crippen molar-refractivity contribution < 1.29 is 9.59 Å². The third-order valence-corrected chi connectivity index (χ3v) is 4.36. The van der Waals surface area contributed by atoms with Crippen LogP contribution in [0.4, 0.5) is 5.69 Å². The van der Waals surface area contributed by atoms with Crippen molar-refractivity contribution in [3.05, 3.63) is 65.2 Å². The minimum atomic E-state index is -0.349. The zero-order valence-corrected chi connectivity index (χ0v) is 13.8. The lowest BCUT2D eigenvalue weighted by Gasteiger charge is -2.15. The zero-order valence-electron chi connectivity index (χ0n) is 13.8. The van der Waals surface area contributed by atoms with Gasteiger partial charge in [0.1, 0.15) is 0 Å². The number of hydrogen-bond acceptors (Lipinski definition) is 3. The molecule has 2 N–H and O–H groups in total. The van der Waals surface area contributed by atoms with Crippen LogP contribution in [0, 0.1) is 11.3 Å². The molecule has 0 unspecified atom stereocenters. The Morgan fingerprint density at radius 3 is 2.52 bits per heavy atom. The first-order chi connectivity index (χ1) is 12.2. The maximum atomic E-state index is 12.5. The number of rotatable bonds is 4. The van der Waals surface area contributed by atoms with Gasteiger partial charge >= 0.3 is 0 Å². The molecule has 126 valence electrons. The molecule has 5 nitrogen and oxygen atoms in total. The van der Waals surface area contributed by atoms with E-state index in [4.69, 9.17) is 5.26 Å². The molecule has 0 aromatic heterocycles. The summed E-state index contributed by atoms with van der Waals surface area (Å²) in [5.41, 5.74) is 1.70. The van der Waals surface area contributed by atoms with Crippen molar-refractivity contribution in [1.82, 2.24) is 5.32 Å². The van der Waals surface area contributed by atoms with Gasteiger partial charge in [-0.15, -0.1) is 0 Å². The fourth-order valence-electron chi connectivity index (χ4n) is 3.05. The highest BCUT2D eigenvalue weighted by atomic mass is 16.2. The van der Waals surface area contributed by atoms with Gasteiger partial charge in [0.25, 0.3) is 11.8 Å². The SMILES string of the molecule is N#Cc1cccc(C(=O)Nc2ccccc2C(=O)NC2CCCC2)c1. The van der Waals surface area contributed by atoms with Crippen molar-refractivity contribution in [1.29, 1.82) is 5.26 Å². The van der Waals surface area contributed by atoms with Crippen molar-refractivity contribution in [3.63, 3.8) is 0 Å². The van der Waals surface area contributed by atoms with E-state index in [1.807, 2.05) is 6.07 Å². The van der Waals surface area contributed by atoms with Gasteiger partial charge in [-0.05, 0) is 43.2 Å². The first-order valence-corrected chi connectivity index (χ1v) is 8.39. The van der Waals surface area contributed by atoms with Crippen LogP contribution >= 0.6 is 0 Å². The molecule has 0 atom stereocenters. The van der Waals surface area contributed by atoms with Gasteiger partial charge in [0.05, 0.1) is 22.9 Å². The van der Waals surface area contributed by atoms with Gasteiger partial charge in [-0.25, -0.2) is 0 Å². The van der Waals surface area contributed by atoms with Gasteiger partial charge in [-0.2, -0.15) is 5.26 Å². The molecule has 2 aromatic rings. The van der Waals surface area contributed by atoms with Crippen LogP contribution < -0.4 is 10.6 Å². The molecule has 1 fully saturated rings. The van der Waals surface area contributed by atoms with Crippen LogP contribution in [0.2, 0.25) is 0 Å². The van der Waals surface area contributed by atoms with Crippen molar-refractivity contribution in [3.8, 4) is 6.07 Å². The van der Waals surface area contributed by atoms with Crippen LogP contribution in [0.15, 0.2) is 48.5 Å². The average Bonchev–Trinajstić information content (AvgIpc) is 3.15. The third kappa shape index (κ3) is 4.04. The number of hydrogen-bond donors (Lipinski definition) is 2. The van der Waals surface area contributed by atoms with Gasteiger partial charge in [0, 0.05) is 11.6 Å². The smallest absolute Gasteiger partial charge is 0.255 e. The first kappa shape index (κ1) is 16.7. The fraction of sp³-hybridized carbons (Fsp3) is 0.250. The molecule has 0 heterocycles. The first-order valence-electron chi connectivity index (χ1n) is 8.39. The number of anilines is 1. The van der Waals surface area contributed by atoms with Crippen LogP contribution in [-0.2, 0) is 0 Å². The Kier molecular flexibility index (Phi) is 5.10. The van der Waals surface area contributed by atoms with Crippen molar-refractivity contribution in [2.45, 2.75) is 31.7 Å². The second kappa shape index (κ2) is 7.63. The number of nitriles is 1. The number of carbonyl (C=O) groups excluding carboxylic acids is 2. The van der Waals surface area contributed by atoms with E-state index in [0.29, 0.717) is 22.4 Å². The maximum absolute atomic E-state index is 12.5. The molecule has 3 rings (SSSR count). The minimum absolute atomic E-state index is 0.173. The highest BCUT2D eigenvalue weighted by Gasteiger charge is 2.20. The van der Waals surface area contributed by atoms with E-state index < -0.39 is 0 Å². The van der Waals surface area contributed by atoms with E-state index in [-0.39, 0.29) is 17.9 Å². The van der Waals surface area contributed by atoms with E-state index in [2.05, 4.69) is 10.6 Å². The Balaban J connectivity index is 1.77. The van der Waals surface area contributed by atoms with Crippen LogP contribution in [0.25, 0.3) is 0 Å². The van der Waals surface area contributed by atoms with E-state index in [1.165, 1.54) is 6.07 Å². The molecule has 0 aliphatic heterocycles. The number of carbonyl (C=O) groups is 2. The normalized spacial score (nSPS) is 13.9. The Morgan fingerprint density at radius 1 is 1.00 bits per heavy atom. The molecule has 2 aromatic carbocycles. The van der Waals surface area contributed by atoms with Gasteiger partial charge in [-0.1, -0.05) is 31.0 Å². The number of nitrogens with one attached hydrogen (secondary N) is 2. The zero-order chi connectivity index (χ0) is 17.6. The predicted octanol–water partition coefficient (Wildman–Crippen LogP) is 3.48. The standard InChI is InChI=1S/C20H19N3O2/c21-13-14-6-5-7-15(12-14)19(24)23-18-11-4-3-10-17(18)20(25)22-16-8-1-2-9-16/h3-7,10-12,16H,1-2,8-9H2,(H,22,25)(H,23,24). The lowest BCUT2D eigenvalue weighted by atomic mass is 10.1. The van der Waals surface area contributed by atoms with Gasteiger partial charge in [0.2, 0.25) is 0 Å². The molecule has 0 saturated heterocycles. The highest BCUT2D eigenvalue weighted by Crippen LogP contribution is 2.21. The summed E-state index contributed by atoms with van der Waals surface area (Å²) in [6, 6.07) is 15.6. The monoisotopic (exact) mass is 333 g/mol. The lowest BCUT2D eigenvalue weighted by Crippen LogP contribution is -2.33. The number of nitrogens with zero attached hydrogens (tertiary/aromatic N) is 1. The fourth-order valence-corrected chi connectivity index (χ4v) is 3.05. The van der Waals surface area contributed by atoms with E-state index in [1.54, 1.807) is 42.5 Å². The lowest BCUT2D eigenvalue weighted by molar-refractivity contribution is 0.0939. The topological polar surface area (TPSA) is 82.0 Å². The van der Waals surface area contributed by atoms with Crippen LogP contribution in [0.5, 0.6) is 0 Å². The van der Waals surface area contributed by atoms with E-state index in [0.717, 1.165) is 25.7 Å². The molecule has 1 saturated carbocycles. The van der Waals surface area contributed by atoms with Gasteiger partial charge in [-0.3, -0.25) is 9.59 Å². The molecule has 1 aliphatic carbocycles. The van der Waals surface area contributed by atoms with E-state index >= 15 is 0 Å². The maximum Gasteiger partial charge on any atom is 0.255 e. The van der Waals surface area contributed by atoms with Crippen LogP contribution in [0.1, 0.15) is 52.0 Å². The Bertz CT molecular complexity index is 833. The molecule has 0 bridgehead atoms. The summed E-state index contributed by atoms with van der Waals surface area (Å²) in [5.74, 6) is -0.521. The quantitative estimate of drug-likeness (QED) is 0.898. The molecule has 0 radical (unpaired) electrons. The van der Waals surface area contributed by atoms with Crippen LogP contribution in [-0.4, -0.2) is 17.9 Å². The third-order valence-electron chi connectivity index (χ3n) is 4.36. The van der Waals surface area contributed by atoms with Gasteiger partial charge < -0.3 is 10.6 Å². The molecule has 2 amide bonds. The molecule has 5 heteroatoms. The summed E-state index contributed by atoms with van der Waals surface area (Å²) in [6.45, 7) is 0. The van der Waals surface area contributed by atoms with Crippen molar-refractivity contribution in [2.24, 2.45) is 0 Å². The van der Waals surface area contributed by atoms with Crippen molar-refractivity contribution >= 4 is 17.5 Å². The number of para-hydroxylation sites is 1. The summed E-state index contributed by atoms with van der Waals surface area (Å²) in [6.07, 6.45) is 4.28. The minimum Gasteiger partial charge on any atom is -0.349 e. The highest BCUT2D eigenvalue weighted by molar-refractivity contribution is 6.09. The summed E-state index contributed by atoms with van der Waals surface area (Å²) >= 11 is 0. The summed E-state index contributed by atoms with van der Waals surface area (Å²) in [5, 5.41) is 14.8. The summed E-state index contributed by atoms with van der Waals surface area (Å²) in [7, 11) is 0. The number of amides is 2. The Hall–Kier alpha value is -3.13. The van der Waals surface area contributed by atoms with E-state index in [9.17, 15) is 9.59 Å². The molecule has 1 aliphatic rings. The molecular weight excluding hydrogens is 314 g/mol. The van der Waals surface area contributed by atoms with Gasteiger partial charge in [0.15, 0.2) is 0 Å². The Morgan fingerprint density at radius 2 is 1.76 bits per heavy atom. The Labute approximate surface area is 146 Å². The second-order valence-electron chi connectivity index (χ2n) is 6.15. The summed E-state index contributed by atoms with van der Waals surface area (Å²) in [4.78, 5) is 25.0.